The standard InChI is InChI=1S/C25H24N2O4.3H2/c1-29-21-9-7-18(13-20(21)19-5-3-2-4-16(19)14-26)27-24(28)25(10-11-25)17-6-8-22-23(12-17)31-15-30-22;;;/h2-9,12-13H,10-11,14-15,26H2,1H3,(H,27,28);3*1H. The molecule has 6 heteroatoms. The summed E-state index contributed by atoms with van der Waals surface area (Å²) in [7, 11) is 1.64. The molecule has 3 aromatic rings. The Labute approximate surface area is 185 Å². The summed E-state index contributed by atoms with van der Waals surface area (Å²) < 4.78 is 16.5. The number of hydrogen-bond acceptors (Lipinski definition) is 5. The minimum Gasteiger partial charge on any atom is -0.496 e. The van der Waals surface area contributed by atoms with Gasteiger partial charge in [-0.3, -0.25) is 4.79 Å². The van der Waals surface area contributed by atoms with Gasteiger partial charge in [-0.1, -0.05) is 30.3 Å². The maximum atomic E-state index is 13.3. The number of fused-ring (bicyclic) bond motifs is 1. The van der Waals surface area contributed by atoms with Crippen LogP contribution < -0.4 is 25.3 Å². The molecule has 0 saturated heterocycles. The van der Waals surface area contributed by atoms with Crippen LogP contribution in [0.1, 0.15) is 28.2 Å². The lowest BCUT2D eigenvalue weighted by Crippen LogP contribution is -2.27. The van der Waals surface area contributed by atoms with Crippen LogP contribution in [0.25, 0.3) is 11.1 Å². The minimum absolute atomic E-state index is 0. The van der Waals surface area contributed by atoms with Crippen LogP contribution in [0.2, 0.25) is 0 Å². The number of amides is 1. The van der Waals surface area contributed by atoms with Crippen LogP contribution in [0.4, 0.5) is 5.69 Å². The van der Waals surface area contributed by atoms with Gasteiger partial charge < -0.3 is 25.3 Å². The lowest BCUT2D eigenvalue weighted by Gasteiger charge is -2.18. The number of carbonyl (C=O) groups is 1. The smallest absolute Gasteiger partial charge is 0.235 e. The lowest BCUT2D eigenvalue weighted by molar-refractivity contribution is -0.118. The van der Waals surface area contributed by atoms with Crippen molar-refractivity contribution in [1.82, 2.24) is 0 Å². The molecule has 1 aliphatic carbocycles. The van der Waals surface area contributed by atoms with E-state index in [9.17, 15) is 4.79 Å². The highest BCUT2D eigenvalue weighted by atomic mass is 16.7. The number of nitrogens with one attached hydrogen (secondary N) is 1. The first-order valence-corrected chi connectivity index (χ1v) is 10.3. The highest BCUT2D eigenvalue weighted by Gasteiger charge is 2.51. The van der Waals surface area contributed by atoms with Gasteiger partial charge in [0.1, 0.15) is 5.75 Å². The average Bonchev–Trinajstić information content (AvgIpc) is 3.50. The molecule has 0 radical (unpaired) electrons. The monoisotopic (exact) mass is 422 g/mol. The molecule has 0 unspecified atom stereocenters. The summed E-state index contributed by atoms with van der Waals surface area (Å²) in [5.74, 6) is 2.13. The fraction of sp³-hybridized carbons (Fsp3) is 0.240. The summed E-state index contributed by atoms with van der Waals surface area (Å²) in [6.45, 7) is 0.639. The van der Waals surface area contributed by atoms with Crippen molar-refractivity contribution in [3.05, 3.63) is 71.8 Å². The van der Waals surface area contributed by atoms with E-state index in [-0.39, 0.29) is 17.0 Å². The number of methoxy groups -OCH3 is 1. The van der Waals surface area contributed by atoms with Crippen molar-refractivity contribution in [2.75, 3.05) is 19.2 Å². The number of rotatable bonds is 6. The van der Waals surface area contributed by atoms with E-state index in [1.807, 2.05) is 60.7 Å². The predicted octanol–water partition coefficient (Wildman–Crippen LogP) is 4.96. The molecular weight excluding hydrogens is 392 g/mol. The molecular formula is C25H30N2O4. The summed E-state index contributed by atoms with van der Waals surface area (Å²) >= 11 is 0. The molecule has 1 saturated carbocycles. The van der Waals surface area contributed by atoms with Crippen molar-refractivity contribution in [2.45, 2.75) is 24.8 Å². The van der Waals surface area contributed by atoms with Gasteiger partial charge >= 0.3 is 0 Å². The zero-order valence-electron chi connectivity index (χ0n) is 17.3. The van der Waals surface area contributed by atoms with E-state index in [1.165, 1.54) is 0 Å². The van der Waals surface area contributed by atoms with Crippen LogP contribution in [0.15, 0.2) is 60.7 Å². The van der Waals surface area contributed by atoms with Gasteiger partial charge in [-0.15, -0.1) is 0 Å². The number of ether oxygens (including phenoxy) is 3. The van der Waals surface area contributed by atoms with E-state index >= 15 is 0 Å². The highest BCUT2D eigenvalue weighted by molar-refractivity contribution is 6.02. The van der Waals surface area contributed by atoms with E-state index in [1.54, 1.807) is 7.11 Å². The number of benzene rings is 3. The summed E-state index contributed by atoms with van der Waals surface area (Å²) in [5, 5.41) is 3.11. The van der Waals surface area contributed by atoms with Crippen LogP contribution in [-0.2, 0) is 16.8 Å². The molecule has 0 spiro atoms. The maximum absolute atomic E-state index is 13.3. The first-order valence-electron chi connectivity index (χ1n) is 10.3. The Hall–Kier alpha value is -3.51. The third-order valence-corrected chi connectivity index (χ3v) is 6.09. The van der Waals surface area contributed by atoms with Gasteiger partial charge in [0.05, 0.1) is 12.5 Å². The lowest BCUT2D eigenvalue weighted by atomic mass is 9.94. The van der Waals surface area contributed by atoms with E-state index in [2.05, 4.69) is 5.32 Å². The normalized spacial score (nSPS) is 15.4. The highest BCUT2D eigenvalue weighted by Crippen LogP contribution is 2.51. The van der Waals surface area contributed by atoms with Crippen LogP contribution in [0.3, 0.4) is 0 Å². The summed E-state index contributed by atoms with van der Waals surface area (Å²) in [6, 6.07) is 19.4. The van der Waals surface area contributed by atoms with Crippen molar-refractivity contribution in [2.24, 2.45) is 5.73 Å². The second-order valence-electron chi connectivity index (χ2n) is 7.88. The Balaban J connectivity index is 0.00000136. The Kier molecular flexibility index (Phi) is 4.79. The van der Waals surface area contributed by atoms with E-state index in [0.29, 0.717) is 12.3 Å². The Morgan fingerprint density at radius 3 is 2.65 bits per heavy atom. The number of carbonyl (C=O) groups excluding carboxylic acids is 1. The van der Waals surface area contributed by atoms with Gasteiger partial charge in [0.2, 0.25) is 12.7 Å². The average molecular weight is 423 g/mol. The van der Waals surface area contributed by atoms with Gasteiger partial charge in [0.25, 0.3) is 0 Å². The molecule has 1 fully saturated rings. The molecule has 3 aromatic carbocycles. The molecule has 3 N–H and O–H groups in total. The number of hydrogen-bond donors (Lipinski definition) is 2. The molecule has 2 aliphatic rings. The van der Waals surface area contributed by atoms with Crippen LogP contribution in [0.5, 0.6) is 17.2 Å². The molecule has 5 rings (SSSR count). The van der Waals surface area contributed by atoms with Crippen molar-refractivity contribution < 1.29 is 23.3 Å². The van der Waals surface area contributed by atoms with Crippen molar-refractivity contribution >= 4 is 11.6 Å². The molecule has 1 aliphatic heterocycles. The summed E-state index contributed by atoms with van der Waals surface area (Å²) in [5.41, 5.74) is 9.99. The number of nitrogens with two attached hydrogens (primary N) is 1. The van der Waals surface area contributed by atoms with E-state index in [4.69, 9.17) is 19.9 Å². The van der Waals surface area contributed by atoms with Gasteiger partial charge in [-0.2, -0.15) is 0 Å². The Bertz CT molecular complexity index is 1170. The summed E-state index contributed by atoms with van der Waals surface area (Å²) in [6.07, 6.45) is 1.61. The maximum Gasteiger partial charge on any atom is 0.235 e. The molecule has 6 nitrogen and oxygen atoms in total. The molecule has 0 aromatic heterocycles. The second-order valence-corrected chi connectivity index (χ2v) is 7.88. The van der Waals surface area contributed by atoms with Crippen LogP contribution in [0, 0.1) is 0 Å². The largest absolute Gasteiger partial charge is 0.496 e. The van der Waals surface area contributed by atoms with E-state index < -0.39 is 5.41 Å². The summed E-state index contributed by atoms with van der Waals surface area (Å²) in [4.78, 5) is 13.3. The zero-order valence-corrected chi connectivity index (χ0v) is 17.3. The number of anilines is 1. The van der Waals surface area contributed by atoms with Crippen molar-refractivity contribution in [3.63, 3.8) is 0 Å². The molecule has 164 valence electrons. The first kappa shape index (κ1) is 19.5. The Morgan fingerprint density at radius 2 is 1.87 bits per heavy atom. The fourth-order valence-electron chi connectivity index (χ4n) is 4.17. The molecule has 1 heterocycles. The van der Waals surface area contributed by atoms with Gasteiger partial charge in [0, 0.05) is 22.1 Å². The molecule has 0 atom stereocenters. The van der Waals surface area contributed by atoms with Crippen molar-refractivity contribution in [1.29, 1.82) is 0 Å². The Morgan fingerprint density at radius 1 is 1.06 bits per heavy atom. The topological polar surface area (TPSA) is 82.8 Å². The molecule has 1 amide bonds. The van der Waals surface area contributed by atoms with Crippen molar-refractivity contribution in [3.8, 4) is 28.4 Å². The minimum atomic E-state index is -0.532. The van der Waals surface area contributed by atoms with Crippen LogP contribution >= 0.6 is 0 Å². The molecule has 31 heavy (non-hydrogen) atoms. The first-order chi connectivity index (χ1) is 15.1. The zero-order chi connectivity index (χ0) is 21.4. The molecule has 0 bridgehead atoms. The van der Waals surface area contributed by atoms with Gasteiger partial charge in [-0.05, 0) is 59.9 Å². The van der Waals surface area contributed by atoms with Crippen LogP contribution in [-0.4, -0.2) is 19.8 Å². The predicted molar refractivity (Wildman–Crippen MR) is 125 cm³/mol. The van der Waals surface area contributed by atoms with Gasteiger partial charge in [0.15, 0.2) is 11.5 Å². The fourth-order valence-corrected chi connectivity index (χ4v) is 4.17. The second kappa shape index (κ2) is 7.63. The SMILES string of the molecule is COc1ccc(NC(=O)C2(c3ccc4c(c3)OCO4)CC2)cc1-c1ccccc1CN.[HH].[HH].[HH]. The van der Waals surface area contributed by atoms with Gasteiger partial charge in [-0.25, -0.2) is 0 Å². The van der Waals surface area contributed by atoms with E-state index in [0.717, 1.165) is 52.3 Å². The quantitative estimate of drug-likeness (QED) is 0.587. The third kappa shape index (κ3) is 3.39. The third-order valence-electron chi connectivity index (χ3n) is 6.09.